The normalized spacial score (nSPS) is 34.1. The van der Waals surface area contributed by atoms with Gasteiger partial charge in [0.25, 0.3) is 11.5 Å². The molecule has 5 N–H and O–H groups in total. The van der Waals surface area contributed by atoms with Crippen molar-refractivity contribution in [3.8, 4) is 0 Å². The maximum Gasteiger partial charge on any atom is 0.269 e. The molecule has 10 nitrogen and oxygen atoms in total. The highest BCUT2D eigenvalue weighted by Gasteiger charge is 2.57. The molecule has 1 aromatic rings. The molecule has 5 atom stereocenters. The number of ketones is 1. The average molecular weight is 329 g/mol. The first-order chi connectivity index (χ1) is 10.7. The summed E-state index contributed by atoms with van der Waals surface area (Å²) in [5.41, 5.74) is -0.514. The number of aliphatic hydroxyl groups excluding tert-OH is 4. The van der Waals surface area contributed by atoms with Crippen LogP contribution < -0.4 is 0 Å². The van der Waals surface area contributed by atoms with E-state index in [1.807, 2.05) is 0 Å². The lowest BCUT2D eigenvalue weighted by Gasteiger charge is -2.44. The van der Waals surface area contributed by atoms with Crippen LogP contribution >= 0.6 is 0 Å². The molecule has 1 fully saturated rings. The number of hydrogen-bond acceptors (Lipinski definition) is 9. The Bertz CT molecular complexity index is 602. The quantitative estimate of drug-likeness (QED) is 0.237. The zero-order valence-electron chi connectivity index (χ0n) is 11.6. The molecule has 0 amide bonds. The number of carbonyl (C=O) groups excluding carboxylic acids is 1. The number of nitro benzene ring substituents is 1. The predicted octanol–water partition coefficient (Wildman–Crippen LogP) is -2.06. The van der Waals surface area contributed by atoms with E-state index >= 15 is 0 Å². The van der Waals surface area contributed by atoms with E-state index in [0.29, 0.717) is 0 Å². The Morgan fingerprint density at radius 1 is 1.22 bits per heavy atom. The summed E-state index contributed by atoms with van der Waals surface area (Å²) in [5.74, 6) is -4.09. The van der Waals surface area contributed by atoms with Crippen LogP contribution in [0.5, 0.6) is 0 Å². The Labute approximate surface area is 129 Å². The highest BCUT2D eigenvalue weighted by Crippen LogP contribution is 2.31. The Morgan fingerprint density at radius 3 is 2.26 bits per heavy atom. The van der Waals surface area contributed by atoms with Gasteiger partial charge in [-0.25, -0.2) is 0 Å². The van der Waals surface area contributed by atoms with Crippen LogP contribution in [0.3, 0.4) is 0 Å². The third-order valence-corrected chi connectivity index (χ3v) is 3.63. The van der Waals surface area contributed by atoms with Crippen LogP contribution in [0.4, 0.5) is 5.69 Å². The second-order valence-electron chi connectivity index (χ2n) is 5.09. The van der Waals surface area contributed by atoms with Gasteiger partial charge in [-0.05, 0) is 12.1 Å². The number of rotatable bonds is 4. The number of nitrogens with zero attached hydrogens (tertiary/aromatic N) is 1. The van der Waals surface area contributed by atoms with Crippen LogP contribution in [-0.2, 0) is 4.74 Å². The fourth-order valence-corrected chi connectivity index (χ4v) is 2.28. The Hall–Kier alpha value is -1.95. The molecule has 0 bridgehead atoms. The van der Waals surface area contributed by atoms with Crippen molar-refractivity contribution in [2.75, 3.05) is 6.61 Å². The standard InChI is InChI=1S/C13H15NO9/c15-5-8-9(16)10(17)12(19)13(20,23-8)11(18)6-1-3-7(4-2-6)14(21)22/h1-4,8-10,12,15-17,19-20H,5H2/t8-,9-,10+,12-,13?/m1/s1. The molecule has 10 heteroatoms. The van der Waals surface area contributed by atoms with Gasteiger partial charge in [-0.2, -0.15) is 0 Å². The lowest BCUT2D eigenvalue weighted by atomic mass is 9.88. The summed E-state index contributed by atoms with van der Waals surface area (Å²) in [6.07, 6.45) is -7.32. The minimum Gasteiger partial charge on any atom is -0.394 e. The number of non-ortho nitro benzene ring substituents is 1. The molecule has 1 aliphatic heterocycles. The van der Waals surface area contributed by atoms with Gasteiger partial charge in [0.1, 0.15) is 24.4 Å². The van der Waals surface area contributed by atoms with Crippen molar-refractivity contribution in [1.29, 1.82) is 0 Å². The number of ether oxygens (including phenoxy) is 1. The van der Waals surface area contributed by atoms with E-state index in [9.17, 15) is 35.3 Å². The molecule has 1 saturated heterocycles. The van der Waals surface area contributed by atoms with Gasteiger partial charge in [0.2, 0.25) is 5.78 Å². The molecular formula is C13H15NO9. The maximum atomic E-state index is 12.3. The van der Waals surface area contributed by atoms with Crippen molar-refractivity contribution in [3.05, 3.63) is 39.9 Å². The third-order valence-electron chi connectivity index (χ3n) is 3.63. The first-order valence-corrected chi connectivity index (χ1v) is 6.57. The number of benzene rings is 1. The van der Waals surface area contributed by atoms with Crippen LogP contribution in [0.25, 0.3) is 0 Å². The van der Waals surface area contributed by atoms with E-state index in [1.165, 1.54) is 0 Å². The van der Waals surface area contributed by atoms with Crippen molar-refractivity contribution in [3.63, 3.8) is 0 Å². The van der Waals surface area contributed by atoms with Gasteiger partial charge in [0.05, 0.1) is 11.5 Å². The zero-order chi connectivity index (χ0) is 17.4. The van der Waals surface area contributed by atoms with Crippen molar-refractivity contribution >= 4 is 11.5 Å². The molecule has 0 aromatic heterocycles. The van der Waals surface area contributed by atoms with Crippen LogP contribution in [0.15, 0.2) is 24.3 Å². The van der Waals surface area contributed by atoms with Crippen LogP contribution in [0.1, 0.15) is 10.4 Å². The minimum atomic E-state index is -2.91. The summed E-state index contributed by atoms with van der Waals surface area (Å²) in [6, 6.07) is 4.11. The molecule has 1 aromatic carbocycles. The fourth-order valence-electron chi connectivity index (χ4n) is 2.28. The van der Waals surface area contributed by atoms with Gasteiger partial charge < -0.3 is 30.3 Å². The molecule has 0 aliphatic carbocycles. The summed E-state index contributed by atoms with van der Waals surface area (Å²) in [6.45, 7) is -0.819. The van der Waals surface area contributed by atoms with E-state index in [1.54, 1.807) is 0 Å². The lowest BCUT2D eigenvalue weighted by molar-refractivity contribution is -0.384. The summed E-state index contributed by atoms with van der Waals surface area (Å²) in [4.78, 5) is 22.2. The number of aliphatic hydroxyl groups is 5. The molecule has 0 radical (unpaired) electrons. The summed E-state index contributed by atoms with van der Waals surface area (Å²) in [7, 11) is 0. The Balaban J connectivity index is 2.33. The highest BCUT2D eigenvalue weighted by atomic mass is 16.7. The summed E-state index contributed by atoms with van der Waals surface area (Å²) < 4.78 is 4.87. The van der Waals surface area contributed by atoms with Crippen molar-refractivity contribution in [1.82, 2.24) is 0 Å². The third kappa shape index (κ3) is 2.95. The average Bonchev–Trinajstić information content (AvgIpc) is 2.55. The topological polar surface area (TPSA) is 171 Å². The monoisotopic (exact) mass is 329 g/mol. The molecule has 1 heterocycles. The van der Waals surface area contributed by atoms with Crippen molar-refractivity contribution < 1.29 is 40.0 Å². The second kappa shape index (κ2) is 6.28. The largest absolute Gasteiger partial charge is 0.394 e. The van der Waals surface area contributed by atoms with E-state index < -0.39 is 47.5 Å². The highest BCUT2D eigenvalue weighted by molar-refractivity contribution is 6.02. The number of carbonyl (C=O) groups is 1. The summed E-state index contributed by atoms with van der Waals surface area (Å²) in [5, 5.41) is 59.1. The smallest absolute Gasteiger partial charge is 0.269 e. The van der Waals surface area contributed by atoms with E-state index in [4.69, 9.17) is 9.84 Å². The fraction of sp³-hybridized carbons (Fsp3) is 0.462. The maximum absolute atomic E-state index is 12.3. The van der Waals surface area contributed by atoms with Crippen molar-refractivity contribution in [2.24, 2.45) is 0 Å². The van der Waals surface area contributed by atoms with Crippen LogP contribution in [0, 0.1) is 10.1 Å². The van der Waals surface area contributed by atoms with Gasteiger partial charge >= 0.3 is 0 Å². The first-order valence-electron chi connectivity index (χ1n) is 6.57. The predicted molar refractivity (Wildman–Crippen MR) is 72.4 cm³/mol. The van der Waals surface area contributed by atoms with E-state index in [2.05, 4.69) is 0 Å². The van der Waals surface area contributed by atoms with E-state index in [-0.39, 0.29) is 11.3 Å². The molecule has 2 rings (SSSR count). The zero-order valence-corrected chi connectivity index (χ0v) is 11.6. The Morgan fingerprint density at radius 2 is 1.78 bits per heavy atom. The minimum absolute atomic E-state index is 0.225. The van der Waals surface area contributed by atoms with Gasteiger partial charge in [0, 0.05) is 17.7 Å². The molecule has 126 valence electrons. The van der Waals surface area contributed by atoms with Gasteiger partial charge in [0.15, 0.2) is 0 Å². The molecule has 1 aliphatic rings. The molecule has 0 spiro atoms. The molecular weight excluding hydrogens is 314 g/mol. The van der Waals surface area contributed by atoms with Gasteiger partial charge in [-0.1, -0.05) is 0 Å². The Kier molecular flexibility index (Phi) is 4.75. The van der Waals surface area contributed by atoms with Crippen molar-refractivity contribution in [2.45, 2.75) is 30.2 Å². The van der Waals surface area contributed by atoms with Gasteiger partial charge in [-0.15, -0.1) is 0 Å². The SMILES string of the molecule is O=C(c1ccc([N+](=O)[O-])cc1)C1(O)O[C@H](CO)[C@@H](O)[C@H](O)[C@H]1O. The van der Waals surface area contributed by atoms with Gasteiger partial charge in [-0.3, -0.25) is 14.9 Å². The summed E-state index contributed by atoms with van der Waals surface area (Å²) >= 11 is 0. The number of hydrogen-bond donors (Lipinski definition) is 5. The molecule has 0 saturated carbocycles. The molecule has 1 unspecified atom stereocenters. The number of nitro groups is 1. The second-order valence-corrected chi connectivity index (χ2v) is 5.09. The lowest BCUT2D eigenvalue weighted by Crippen LogP contribution is -2.68. The number of Topliss-reactive ketones (excluding diaryl/α,β-unsaturated/α-hetero) is 1. The molecule has 23 heavy (non-hydrogen) atoms. The first kappa shape index (κ1) is 17.4. The van der Waals surface area contributed by atoms with Crippen LogP contribution in [-0.4, -0.2) is 73.0 Å². The van der Waals surface area contributed by atoms with Crippen LogP contribution in [0.2, 0.25) is 0 Å². The van der Waals surface area contributed by atoms with E-state index in [0.717, 1.165) is 24.3 Å².